The molecule has 1 aliphatic heterocycles. The second-order valence-corrected chi connectivity index (χ2v) is 8.46. The van der Waals surface area contributed by atoms with Gasteiger partial charge in [-0.3, -0.25) is 4.79 Å². The number of nitrogens with two attached hydrogens (primary N) is 1. The highest BCUT2D eigenvalue weighted by molar-refractivity contribution is 7.89. The van der Waals surface area contributed by atoms with Crippen molar-refractivity contribution >= 4 is 21.6 Å². The van der Waals surface area contributed by atoms with E-state index in [-0.39, 0.29) is 19.0 Å². The number of piperazine rings is 1. The molecule has 7 heteroatoms. The van der Waals surface area contributed by atoms with Gasteiger partial charge in [-0.1, -0.05) is 24.3 Å². The lowest BCUT2D eigenvalue weighted by atomic mass is 10.1. The summed E-state index contributed by atoms with van der Waals surface area (Å²) < 4.78 is 27.4. The molecule has 0 aromatic heterocycles. The third kappa shape index (κ3) is 3.45. The van der Waals surface area contributed by atoms with E-state index in [2.05, 4.69) is 0 Å². The minimum absolute atomic E-state index is 0.160. The van der Waals surface area contributed by atoms with E-state index in [1.54, 1.807) is 42.2 Å². The number of para-hydroxylation sites is 1. The second kappa shape index (κ2) is 7.09. The van der Waals surface area contributed by atoms with Crippen molar-refractivity contribution < 1.29 is 13.2 Å². The molecule has 3 rings (SSSR count). The smallest absolute Gasteiger partial charge is 0.256 e. The van der Waals surface area contributed by atoms with Crippen LogP contribution in [0.1, 0.15) is 21.5 Å². The summed E-state index contributed by atoms with van der Waals surface area (Å²) >= 11 is 0. The molecule has 0 saturated carbocycles. The molecular formula is C19H23N3O3S. The van der Waals surface area contributed by atoms with Gasteiger partial charge < -0.3 is 10.6 Å². The summed E-state index contributed by atoms with van der Waals surface area (Å²) in [5, 5.41) is 0. The first kappa shape index (κ1) is 18.4. The van der Waals surface area contributed by atoms with Crippen molar-refractivity contribution in [3.63, 3.8) is 0 Å². The van der Waals surface area contributed by atoms with Crippen LogP contribution in [0.15, 0.2) is 47.4 Å². The number of anilines is 1. The van der Waals surface area contributed by atoms with Crippen LogP contribution in [0.25, 0.3) is 0 Å². The summed E-state index contributed by atoms with van der Waals surface area (Å²) in [6.07, 6.45) is 0. The molecule has 6 nitrogen and oxygen atoms in total. The molecule has 1 fully saturated rings. The second-order valence-electron chi connectivity index (χ2n) is 6.55. The van der Waals surface area contributed by atoms with Gasteiger partial charge in [-0.2, -0.15) is 4.31 Å². The van der Waals surface area contributed by atoms with Gasteiger partial charge in [0, 0.05) is 31.9 Å². The fourth-order valence-electron chi connectivity index (χ4n) is 3.12. The number of nitrogen functional groups attached to an aromatic ring is 1. The number of sulfonamides is 1. The van der Waals surface area contributed by atoms with Gasteiger partial charge in [-0.15, -0.1) is 0 Å². The average molecular weight is 373 g/mol. The third-order valence-electron chi connectivity index (χ3n) is 4.68. The maximum Gasteiger partial charge on any atom is 0.256 e. The fourth-order valence-corrected chi connectivity index (χ4v) is 4.85. The molecule has 138 valence electrons. The van der Waals surface area contributed by atoms with Crippen LogP contribution < -0.4 is 5.73 Å². The molecule has 0 radical (unpaired) electrons. The number of rotatable bonds is 3. The van der Waals surface area contributed by atoms with Gasteiger partial charge in [0.2, 0.25) is 10.0 Å². The molecule has 1 amide bonds. The van der Waals surface area contributed by atoms with Crippen LogP contribution in [0, 0.1) is 13.8 Å². The molecule has 1 saturated heterocycles. The first-order valence-electron chi connectivity index (χ1n) is 8.52. The van der Waals surface area contributed by atoms with Crippen LogP contribution in [0.4, 0.5) is 5.69 Å². The highest BCUT2D eigenvalue weighted by atomic mass is 32.2. The minimum atomic E-state index is -3.57. The van der Waals surface area contributed by atoms with Crippen LogP contribution in [0.5, 0.6) is 0 Å². The lowest BCUT2D eigenvalue weighted by Crippen LogP contribution is -2.50. The summed E-state index contributed by atoms with van der Waals surface area (Å²) in [7, 11) is -3.57. The number of hydrogen-bond acceptors (Lipinski definition) is 4. The van der Waals surface area contributed by atoms with E-state index in [1.165, 1.54) is 4.31 Å². The standard InChI is InChI=1S/C19H23N3O3S/c1-14-7-8-15(2)18(13-14)26(24,25)22-11-9-21(10-12-22)19(23)16-5-3-4-6-17(16)20/h3-8,13H,9-12,20H2,1-2H3. The average Bonchev–Trinajstić information content (AvgIpc) is 2.63. The SMILES string of the molecule is Cc1ccc(C)c(S(=O)(=O)N2CCN(C(=O)c3ccccc3N)CC2)c1. The summed E-state index contributed by atoms with van der Waals surface area (Å²) in [5.41, 5.74) is 8.40. The van der Waals surface area contributed by atoms with Gasteiger partial charge >= 0.3 is 0 Å². The number of benzene rings is 2. The lowest BCUT2D eigenvalue weighted by Gasteiger charge is -2.34. The molecule has 0 spiro atoms. The molecule has 1 aliphatic rings. The Morgan fingerprint density at radius 3 is 2.31 bits per heavy atom. The summed E-state index contributed by atoms with van der Waals surface area (Å²) in [5.74, 6) is -0.160. The van der Waals surface area contributed by atoms with Crippen molar-refractivity contribution in [3.8, 4) is 0 Å². The van der Waals surface area contributed by atoms with Crippen molar-refractivity contribution in [2.45, 2.75) is 18.7 Å². The van der Waals surface area contributed by atoms with Gasteiger partial charge in [0.1, 0.15) is 0 Å². The Hall–Kier alpha value is -2.38. The Morgan fingerprint density at radius 2 is 1.65 bits per heavy atom. The maximum atomic E-state index is 13.0. The first-order chi connectivity index (χ1) is 12.3. The Morgan fingerprint density at radius 1 is 1.00 bits per heavy atom. The molecule has 0 atom stereocenters. The largest absolute Gasteiger partial charge is 0.398 e. The molecule has 0 unspecified atom stereocenters. The van der Waals surface area contributed by atoms with E-state index in [1.807, 2.05) is 19.1 Å². The number of carbonyl (C=O) groups excluding carboxylic acids is 1. The van der Waals surface area contributed by atoms with Gasteiger partial charge in [0.05, 0.1) is 10.5 Å². The van der Waals surface area contributed by atoms with Crippen molar-refractivity contribution in [2.24, 2.45) is 0 Å². The van der Waals surface area contributed by atoms with E-state index in [9.17, 15) is 13.2 Å². The third-order valence-corrected chi connectivity index (χ3v) is 6.72. The molecule has 1 heterocycles. The Bertz CT molecular complexity index is 933. The van der Waals surface area contributed by atoms with Gasteiger partial charge in [-0.25, -0.2) is 8.42 Å². The van der Waals surface area contributed by atoms with Gasteiger partial charge in [0.15, 0.2) is 0 Å². The predicted molar refractivity (Wildman–Crippen MR) is 101 cm³/mol. The van der Waals surface area contributed by atoms with E-state index in [0.29, 0.717) is 29.2 Å². The first-order valence-corrected chi connectivity index (χ1v) is 9.96. The van der Waals surface area contributed by atoms with Crippen LogP contribution in [-0.4, -0.2) is 49.7 Å². The van der Waals surface area contributed by atoms with E-state index < -0.39 is 10.0 Å². The zero-order valence-electron chi connectivity index (χ0n) is 15.0. The number of carbonyl (C=O) groups is 1. The molecule has 26 heavy (non-hydrogen) atoms. The quantitative estimate of drug-likeness (QED) is 0.835. The fraction of sp³-hybridized carbons (Fsp3) is 0.316. The zero-order valence-corrected chi connectivity index (χ0v) is 15.8. The van der Waals surface area contributed by atoms with Crippen molar-refractivity contribution in [3.05, 3.63) is 59.2 Å². The van der Waals surface area contributed by atoms with E-state index >= 15 is 0 Å². The number of nitrogens with zero attached hydrogens (tertiary/aromatic N) is 2. The Labute approximate surface area is 154 Å². The molecule has 2 N–H and O–H groups in total. The van der Waals surface area contributed by atoms with Gasteiger partial charge in [0.25, 0.3) is 5.91 Å². The predicted octanol–water partition coefficient (Wildman–Crippen LogP) is 2.03. The summed E-state index contributed by atoms with van der Waals surface area (Å²) in [6, 6.07) is 12.3. The molecule has 2 aromatic carbocycles. The summed E-state index contributed by atoms with van der Waals surface area (Å²) in [4.78, 5) is 14.6. The Kier molecular flexibility index (Phi) is 5.02. The molecule has 0 bridgehead atoms. The Balaban J connectivity index is 1.75. The normalized spacial score (nSPS) is 15.8. The van der Waals surface area contributed by atoms with E-state index in [4.69, 9.17) is 5.73 Å². The molecule has 0 aliphatic carbocycles. The van der Waals surface area contributed by atoms with Crippen molar-refractivity contribution in [1.29, 1.82) is 0 Å². The van der Waals surface area contributed by atoms with Crippen molar-refractivity contribution in [2.75, 3.05) is 31.9 Å². The lowest BCUT2D eigenvalue weighted by molar-refractivity contribution is 0.0699. The minimum Gasteiger partial charge on any atom is -0.398 e. The number of aryl methyl sites for hydroxylation is 2. The van der Waals surface area contributed by atoms with Crippen LogP contribution in [0.3, 0.4) is 0 Å². The van der Waals surface area contributed by atoms with Crippen molar-refractivity contribution in [1.82, 2.24) is 9.21 Å². The monoisotopic (exact) mass is 373 g/mol. The zero-order chi connectivity index (χ0) is 18.9. The van der Waals surface area contributed by atoms with E-state index in [0.717, 1.165) is 11.1 Å². The van der Waals surface area contributed by atoms with Crippen LogP contribution in [-0.2, 0) is 10.0 Å². The molecular weight excluding hydrogens is 350 g/mol. The summed E-state index contributed by atoms with van der Waals surface area (Å²) in [6.45, 7) is 4.90. The van der Waals surface area contributed by atoms with Gasteiger partial charge in [-0.05, 0) is 43.2 Å². The maximum absolute atomic E-state index is 13.0. The highest BCUT2D eigenvalue weighted by Gasteiger charge is 2.31. The van der Waals surface area contributed by atoms with Crippen LogP contribution >= 0.6 is 0 Å². The molecule has 2 aromatic rings. The van der Waals surface area contributed by atoms with Crippen LogP contribution in [0.2, 0.25) is 0 Å². The highest BCUT2D eigenvalue weighted by Crippen LogP contribution is 2.23. The number of hydrogen-bond donors (Lipinski definition) is 1. The number of amides is 1. The topological polar surface area (TPSA) is 83.7 Å².